The highest BCUT2D eigenvalue weighted by molar-refractivity contribution is 5.80. The van der Waals surface area contributed by atoms with E-state index in [1.54, 1.807) is 0 Å². The summed E-state index contributed by atoms with van der Waals surface area (Å²) >= 11 is 0. The lowest BCUT2D eigenvalue weighted by atomic mass is 9.87. The van der Waals surface area contributed by atoms with Crippen molar-refractivity contribution in [3.8, 4) is 0 Å². The van der Waals surface area contributed by atoms with Gasteiger partial charge >= 0.3 is 0 Å². The van der Waals surface area contributed by atoms with E-state index in [1.165, 1.54) is 18.4 Å². The number of aliphatic imine (C=N–C) groups is 1. The third-order valence-electron chi connectivity index (χ3n) is 5.30. The van der Waals surface area contributed by atoms with Crippen molar-refractivity contribution in [1.29, 1.82) is 0 Å². The number of hydrogen-bond acceptors (Lipinski definition) is 3. The van der Waals surface area contributed by atoms with E-state index < -0.39 is 0 Å². The lowest BCUT2D eigenvalue weighted by Gasteiger charge is -2.25. The number of hydrogen-bond donors (Lipinski definition) is 1. The molecular formula is C18H25N5O. The Bertz CT molecular complexity index is 732. The van der Waals surface area contributed by atoms with Gasteiger partial charge in [0.2, 0.25) is 0 Å². The molecule has 2 aromatic rings. The van der Waals surface area contributed by atoms with Crippen LogP contribution in [0.4, 0.5) is 0 Å². The minimum atomic E-state index is 0.359. The summed E-state index contributed by atoms with van der Waals surface area (Å²) in [4.78, 5) is 11.3. The van der Waals surface area contributed by atoms with Crippen LogP contribution in [0.5, 0.6) is 0 Å². The molecule has 0 bridgehead atoms. The first-order chi connectivity index (χ1) is 11.8. The van der Waals surface area contributed by atoms with Crippen LogP contribution in [0.25, 0.3) is 11.0 Å². The average molecular weight is 327 g/mol. The Morgan fingerprint density at radius 3 is 3.12 bits per heavy atom. The van der Waals surface area contributed by atoms with E-state index in [4.69, 9.17) is 4.74 Å². The first kappa shape index (κ1) is 15.4. The molecule has 24 heavy (non-hydrogen) atoms. The summed E-state index contributed by atoms with van der Waals surface area (Å²) in [7, 11) is 1.87. The van der Waals surface area contributed by atoms with Gasteiger partial charge in [0.15, 0.2) is 5.96 Å². The van der Waals surface area contributed by atoms with Crippen molar-refractivity contribution < 1.29 is 4.74 Å². The van der Waals surface area contributed by atoms with Gasteiger partial charge in [0, 0.05) is 45.2 Å². The summed E-state index contributed by atoms with van der Waals surface area (Å²) in [6.45, 7) is 5.65. The maximum absolute atomic E-state index is 5.62. The molecule has 1 spiro atoms. The summed E-state index contributed by atoms with van der Waals surface area (Å²) in [5, 5.41) is 3.51. The molecule has 0 saturated carbocycles. The van der Waals surface area contributed by atoms with E-state index in [1.807, 2.05) is 25.5 Å². The van der Waals surface area contributed by atoms with Crippen LogP contribution in [0.1, 0.15) is 12.8 Å². The molecule has 0 radical (unpaired) electrons. The van der Waals surface area contributed by atoms with Crippen LogP contribution < -0.4 is 5.32 Å². The summed E-state index contributed by atoms with van der Waals surface area (Å²) in [5.74, 6) is 1.00. The number of benzene rings is 1. The van der Waals surface area contributed by atoms with E-state index >= 15 is 0 Å². The fraction of sp³-hybridized carbons (Fsp3) is 0.556. The third-order valence-corrected chi connectivity index (χ3v) is 5.30. The fourth-order valence-corrected chi connectivity index (χ4v) is 3.90. The number of fused-ring (bicyclic) bond motifs is 1. The van der Waals surface area contributed by atoms with Gasteiger partial charge in [0.05, 0.1) is 24.0 Å². The van der Waals surface area contributed by atoms with Crippen molar-refractivity contribution in [3.05, 3.63) is 30.6 Å². The molecule has 2 saturated heterocycles. The van der Waals surface area contributed by atoms with Gasteiger partial charge in [-0.05, 0) is 25.0 Å². The van der Waals surface area contributed by atoms with E-state index in [0.29, 0.717) is 5.41 Å². The number of aromatic nitrogens is 2. The maximum atomic E-state index is 5.62. The SMILES string of the molecule is CN=C(NCCn1cnc2ccccc21)N1CCC2(CCOC2)C1. The number of imidazole rings is 1. The van der Waals surface area contributed by atoms with Gasteiger partial charge < -0.3 is 19.5 Å². The second-order valence-electron chi connectivity index (χ2n) is 6.87. The number of para-hydroxylation sites is 2. The Hall–Kier alpha value is -2.08. The second-order valence-corrected chi connectivity index (χ2v) is 6.87. The van der Waals surface area contributed by atoms with Gasteiger partial charge in [-0.1, -0.05) is 12.1 Å². The molecule has 6 nitrogen and oxygen atoms in total. The molecule has 6 heteroatoms. The molecule has 1 N–H and O–H groups in total. The standard InChI is InChI=1S/C18H25N5O/c1-19-17(22-9-6-18(12-22)7-11-24-13-18)20-8-10-23-14-21-15-4-2-3-5-16(15)23/h2-5,14H,6-13H2,1H3,(H,19,20). The van der Waals surface area contributed by atoms with Crippen molar-refractivity contribution in [1.82, 2.24) is 19.8 Å². The third kappa shape index (κ3) is 2.86. The molecule has 2 fully saturated rings. The van der Waals surface area contributed by atoms with E-state index in [9.17, 15) is 0 Å². The van der Waals surface area contributed by atoms with Crippen molar-refractivity contribution in [2.24, 2.45) is 10.4 Å². The summed E-state index contributed by atoms with van der Waals surface area (Å²) in [5.41, 5.74) is 2.58. The molecule has 3 heterocycles. The predicted molar refractivity (Wildman–Crippen MR) is 95.2 cm³/mol. The quantitative estimate of drug-likeness (QED) is 0.689. The zero-order chi connectivity index (χ0) is 16.4. The lowest BCUT2D eigenvalue weighted by molar-refractivity contribution is 0.156. The van der Waals surface area contributed by atoms with Gasteiger partial charge in [-0.2, -0.15) is 0 Å². The number of nitrogens with one attached hydrogen (secondary N) is 1. The summed E-state index contributed by atoms with van der Waals surface area (Å²) in [6, 6.07) is 8.24. The van der Waals surface area contributed by atoms with Crippen molar-refractivity contribution >= 4 is 17.0 Å². The first-order valence-electron chi connectivity index (χ1n) is 8.73. The fourth-order valence-electron chi connectivity index (χ4n) is 3.90. The smallest absolute Gasteiger partial charge is 0.193 e. The topological polar surface area (TPSA) is 54.7 Å². The largest absolute Gasteiger partial charge is 0.381 e. The van der Waals surface area contributed by atoms with E-state index in [-0.39, 0.29) is 0 Å². The summed E-state index contributed by atoms with van der Waals surface area (Å²) < 4.78 is 7.80. The van der Waals surface area contributed by atoms with Crippen molar-refractivity contribution in [3.63, 3.8) is 0 Å². The highest BCUT2D eigenvalue weighted by atomic mass is 16.5. The summed E-state index contributed by atoms with van der Waals surface area (Å²) in [6.07, 6.45) is 4.30. The molecule has 128 valence electrons. The Balaban J connectivity index is 1.34. The number of rotatable bonds is 3. The molecule has 1 aromatic carbocycles. The molecule has 1 unspecified atom stereocenters. The molecule has 2 aliphatic heterocycles. The van der Waals surface area contributed by atoms with Crippen LogP contribution in [0, 0.1) is 5.41 Å². The van der Waals surface area contributed by atoms with Gasteiger partial charge in [-0.15, -0.1) is 0 Å². The average Bonchev–Trinajstić information content (AvgIpc) is 3.34. The Morgan fingerprint density at radius 2 is 2.29 bits per heavy atom. The minimum absolute atomic E-state index is 0.359. The molecule has 0 aliphatic carbocycles. The Kier molecular flexibility index (Phi) is 4.14. The lowest BCUT2D eigenvalue weighted by Crippen LogP contribution is -2.42. The molecule has 1 atom stereocenters. The molecule has 1 aromatic heterocycles. The van der Waals surface area contributed by atoms with Gasteiger partial charge in [0.25, 0.3) is 0 Å². The predicted octanol–water partition coefficient (Wildman–Crippen LogP) is 1.72. The second kappa shape index (κ2) is 6.43. The highest BCUT2D eigenvalue weighted by Gasteiger charge is 2.42. The zero-order valence-electron chi connectivity index (χ0n) is 14.2. The Labute approximate surface area is 142 Å². The van der Waals surface area contributed by atoms with Gasteiger partial charge in [0.1, 0.15) is 0 Å². The number of likely N-dealkylation sites (tertiary alicyclic amines) is 1. The maximum Gasteiger partial charge on any atom is 0.193 e. The highest BCUT2D eigenvalue weighted by Crippen LogP contribution is 2.38. The van der Waals surface area contributed by atoms with Gasteiger partial charge in [-0.25, -0.2) is 4.98 Å². The van der Waals surface area contributed by atoms with E-state index in [2.05, 4.69) is 36.9 Å². The molecule has 2 aliphatic rings. The number of nitrogens with zero attached hydrogens (tertiary/aromatic N) is 4. The number of ether oxygens (including phenoxy) is 1. The van der Waals surface area contributed by atoms with Gasteiger partial charge in [-0.3, -0.25) is 4.99 Å². The Morgan fingerprint density at radius 1 is 1.38 bits per heavy atom. The van der Waals surface area contributed by atoms with E-state index in [0.717, 1.165) is 50.9 Å². The number of guanidine groups is 1. The molecule has 4 rings (SSSR count). The van der Waals surface area contributed by atoms with Crippen LogP contribution >= 0.6 is 0 Å². The normalized spacial score (nSPS) is 24.4. The van der Waals surface area contributed by atoms with Crippen LogP contribution in [-0.4, -0.2) is 60.3 Å². The van der Waals surface area contributed by atoms with Crippen LogP contribution in [-0.2, 0) is 11.3 Å². The monoisotopic (exact) mass is 327 g/mol. The van der Waals surface area contributed by atoms with Crippen molar-refractivity contribution in [2.45, 2.75) is 19.4 Å². The molecular weight excluding hydrogens is 302 g/mol. The van der Waals surface area contributed by atoms with Crippen LogP contribution in [0.3, 0.4) is 0 Å². The minimum Gasteiger partial charge on any atom is -0.381 e. The van der Waals surface area contributed by atoms with Crippen LogP contribution in [0.2, 0.25) is 0 Å². The van der Waals surface area contributed by atoms with Crippen LogP contribution in [0.15, 0.2) is 35.6 Å². The first-order valence-corrected chi connectivity index (χ1v) is 8.73. The van der Waals surface area contributed by atoms with Crippen molar-refractivity contribution in [2.75, 3.05) is 39.9 Å². The zero-order valence-corrected chi connectivity index (χ0v) is 14.2. The molecule has 0 amide bonds.